The Labute approximate surface area is 163 Å². The predicted octanol–water partition coefficient (Wildman–Crippen LogP) is 3.51. The molecule has 2 aromatic heterocycles. The van der Waals surface area contributed by atoms with Gasteiger partial charge in [-0.15, -0.1) is 5.10 Å². The highest BCUT2D eigenvalue weighted by Crippen LogP contribution is 2.16. The number of nitrogens with one attached hydrogen (secondary N) is 1. The molecule has 7 nitrogen and oxygen atoms in total. The normalized spacial score (nSPS) is 11.1. The fraction of sp³-hybridized carbons (Fsp3) is 0.238. The van der Waals surface area contributed by atoms with Gasteiger partial charge in [-0.25, -0.2) is 9.36 Å². The van der Waals surface area contributed by atoms with Crippen LogP contribution in [-0.2, 0) is 19.5 Å². The zero-order valence-corrected chi connectivity index (χ0v) is 16.0. The van der Waals surface area contributed by atoms with Crippen molar-refractivity contribution in [3.63, 3.8) is 0 Å². The fourth-order valence-corrected chi connectivity index (χ4v) is 3.15. The summed E-state index contributed by atoms with van der Waals surface area (Å²) in [5.41, 5.74) is 4.59. The van der Waals surface area contributed by atoms with Crippen molar-refractivity contribution >= 4 is 22.8 Å². The average Bonchev–Trinajstić information content (AvgIpc) is 3.34. The summed E-state index contributed by atoms with van der Waals surface area (Å²) in [6.07, 6.45) is 2.70. The summed E-state index contributed by atoms with van der Waals surface area (Å²) >= 11 is 0. The molecule has 0 aliphatic rings. The number of carbonyl (C=O) groups excluding carboxylic acids is 1. The molecule has 0 unspecified atom stereocenters. The first-order valence-electron chi connectivity index (χ1n) is 9.42. The van der Waals surface area contributed by atoms with Gasteiger partial charge in [-0.05, 0) is 42.7 Å². The Morgan fingerprint density at radius 3 is 2.54 bits per heavy atom. The Morgan fingerprint density at radius 1 is 1.00 bits per heavy atom. The van der Waals surface area contributed by atoms with Gasteiger partial charge < -0.3 is 5.32 Å². The second-order valence-corrected chi connectivity index (χ2v) is 6.61. The molecule has 0 bridgehead atoms. The number of hydrogen-bond acceptors (Lipinski definition) is 4. The van der Waals surface area contributed by atoms with Crippen molar-refractivity contribution in [2.75, 3.05) is 5.32 Å². The van der Waals surface area contributed by atoms with Crippen LogP contribution in [0.2, 0.25) is 0 Å². The van der Waals surface area contributed by atoms with E-state index in [0.29, 0.717) is 23.4 Å². The second kappa shape index (κ2) is 7.64. The van der Waals surface area contributed by atoms with Crippen LogP contribution in [0.1, 0.15) is 35.3 Å². The van der Waals surface area contributed by atoms with Crippen molar-refractivity contribution in [2.24, 2.45) is 0 Å². The fourth-order valence-electron chi connectivity index (χ4n) is 3.15. The lowest BCUT2D eigenvalue weighted by Crippen LogP contribution is -2.16. The Balaban J connectivity index is 1.51. The highest BCUT2D eigenvalue weighted by Gasteiger charge is 2.12. The molecule has 0 radical (unpaired) electrons. The molecule has 2 aromatic carbocycles. The topological polar surface area (TPSA) is 77.6 Å². The van der Waals surface area contributed by atoms with Crippen LogP contribution in [0.25, 0.3) is 11.0 Å². The van der Waals surface area contributed by atoms with Gasteiger partial charge in [-0.1, -0.05) is 36.4 Å². The minimum absolute atomic E-state index is 0.198. The predicted molar refractivity (Wildman–Crippen MR) is 108 cm³/mol. The van der Waals surface area contributed by atoms with E-state index in [1.165, 1.54) is 5.56 Å². The summed E-state index contributed by atoms with van der Waals surface area (Å²) in [4.78, 5) is 12.7. The van der Waals surface area contributed by atoms with Crippen LogP contribution >= 0.6 is 0 Å². The van der Waals surface area contributed by atoms with Crippen LogP contribution in [0.3, 0.4) is 0 Å². The molecule has 2 heterocycles. The van der Waals surface area contributed by atoms with Crippen LogP contribution < -0.4 is 5.32 Å². The minimum Gasteiger partial charge on any atom is -0.307 e. The smallest absolute Gasteiger partial charge is 0.256 e. The first-order valence-corrected chi connectivity index (χ1v) is 9.42. The highest BCUT2D eigenvalue weighted by molar-refractivity contribution is 6.05. The van der Waals surface area contributed by atoms with Crippen molar-refractivity contribution in [2.45, 2.75) is 33.4 Å². The van der Waals surface area contributed by atoms with Gasteiger partial charge in [0.1, 0.15) is 11.3 Å². The first kappa shape index (κ1) is 17.9. The van der Waals surface area contributed by atoms with Crippen molar-refractivity contribution < 1.29 is 4.79 Å². The van der Waals surface area contributed by atoms with Gasteiger partial charge >= 0.3 is 0 Å². The quantitative estimate of drug-likeness (QED) is 0.560. The molecule has 0 aliphatic heterocycles. The van der Waals surface area contributed by atoms with Crippen LogP contribution in [0.5, 0.6) is 0 Å². The molecule has 4 aromatic rings. The molecular weight excluding hydrogens is 352 g/mol. The summed E-state index contributed by atoms with van der Waals surface area (Å²) in [5, 5.41) is 15.5. The summed E-state index contributed by atoms with van der Waals surface area (Å²) < 4.78 is 3.58. The van der Waals surface area contributed by atoms with E-state index >= 15 is 0 Å². The number of amides is 1. The van der Waals surface area contributed by atoms with Gasteiger partial charge in [0.2, 0.25) is 0 Å². The lowest BCUT2D eigenvalue weighted by Gasteiger charge is -2.10. The van der Waals surface area contributed by atoms with Crippen molar-refractivity contribution in [1.29, 1.82) is 0 Å². The van der Waals surface area contributed by atoms with Gasteiger partial charge in [0.05, 0.1) is 18.3 Å². The molecule has 0 atom stereocenters. The molecule has 142 valence electrons. The van der Waals surface area contributed by atoms with E-state index in [4.69, 9.17) is 0 Å². The molecule has 28 heavy (non-hydrogen) atoms. The van der Waals surface area contributed by atoms with Gasteiger partial charge in [-0.2, -0.15) is 5.10 Å². The number of rotatable bonds is 6. The van der Waals surface area contributed by atoms with E-state index in [9.17, 15) is 4.79 Å². The maximum Gasteiger partial charge on any atom is 0.256 e. The van der Waals surface area contributed by atoms with Crippen molar-refractivity contribution in [3.05, 3.63) is 71.4 Å². The third-order valence-corrected chi connectivity index (χ3v) is 4.80. The summed E-state index contributed by atoms with van der Waals surface area (Å²) in [7, 11) is 0. The van der Waals surface area contributed by atoms with Gasteiger partial charge in [0, 0.05) is 18.2 Å². The summed E-state index contributed by atoms with van der Waals surface area (Å²) in [6.45, 7) is 5.47. The molecule has 4 rings (SSSR count). The summed E-state index contributed by atoms with van der Waals surface area (Å²) in [6, 6.07) is 15.6. The van der Waals surface area contributed by atoms with Gasteiger partial charge in [0.25, 0.3) is 5.91 Å². The van der Waals surface area contributed by atoms with E-state index in [-0.39, 0.29) is 5.91 Å². The number of fused-ring (bicyclic) bond motifs is 1. The van der Waals surface area contributed by atoms with Crippen LogP contribution in [0.15, 0.2) is 54.7 Å². The largest absolute Gasteiger partial charge is 0.307 e. The van der Waals surface area contributed by atoms with Crippen LogP contribution in [0.4, 0.5) is 5.82 Å². The molecule has 0 fully saturated rings. The van der Waals surface area contributed by atoms with E-state index in [2.05, 4.69) is 51.9 Å². The number of aromatic nitrogens is 5. The van der Waals surface area contributed by atoms with E-state index < -0.39 is 0 Å². The Bertz CT molecular complexity index is 1110. The lowest BCUT2D eigenvalue weighted by molar-refractivity contribution is 0.102. The number of hydrogen-bond donors (Lipinski definition) is 1. The van der Waals surface area contributed by atoms with Gasteiger partial charge in [-0.3, -0.25) is 4.79 Å². The highest BCUT2D eigenvalue weighted by atomic mass is 16.1. The number of benzene rings is 2. The molecular formula is C21H22N6O. The maximum absolute atomic E-state index is 12.7. The third kappa shape index (κ3) is 3.51. The van der Waals surface area contributed by atoms with Crippen LogP contribution in [-0.4, -0.2) is 30.7 Å². The number of nitrogens with zero attached hydrogens (tertiary/aromatic N) is 5. The van der Waals surface area contributed by atoms with Crippen LogP contribution in [0, 0.1) is 0 Å². The number of carbonyl (C=O) groups is 1. The van der Waals surface area contributed by atoms with E-state index in [1.807, 2.05) is 13.0 Å². The molecule has 0 saturated heterocycles. The Morgan fingerprint density at radius 2 is 1.79 bits per heavy atom. The molecule has 1 N–H and O–H groups in total. The van der Waals surface area contributed by atoms with E-state index in [1.54, 1.807) is 33.8 Å². The molecule has 0 saturated carbocycles. The number of aryl methyl sites for hydroxylation is 2. The van der Waals surface area contributed by atoms with Crippen molar-refractivity contribution in [1.82, 2.24) is 24.8 Å². The zero-order valence-electron chi connectivity index (χ0n) is 16.0. The first-order chi connectivity index (χ1) is 13.7. The standard InChI is InChI=1S/C21H22N6O/c1-3-15-5-7-16(8-6-15)14-27-20(11-12-22-27)23-21(28)17-9-10-19-18(13-17)24-25-26(19)4-2/h5-13H,3-4,14H2,1-2H3,(H,23,28). The zero-order chi connectivity index (χ0) is 19.5. The average molecular weight is 374 g/mol. The summed E-state index contributed by atoms with van der Waals surface area (Å²) in [5.74, 6) is 0.456. The maximum atomic E-state index is 12.7. The Kier molecular flexibility index (Phi) is 4.89. The molecule has 7 heteroatoms. The molecule has 0 aliphatic carbocycles. The van der Waals surface area contributed by atoms with Crippen molar-refractivity contribution in [3.8, 4) is 0 Å². The number of anilines is 1. The van der Waals surface area contributed by atoms with E-state index in [0.717, 1.165) is 24.0 Å². The minimum atomic E-state index is -0.198. The Hall–Kier alpha value is -3.48. The SMILES string of the molecule is CCc1ccc(Cn2nccc2NC(=O)c2ccc3c(c2)nnn3CC)cc1. The molecule has 1 amide bonds. The molecule has 0 spiro atoms. The lowest BCUT2D eigenvalue weighted by atomic mass is 10.1. The third-order valence-electron chi connectivity index (χ3n) is 4.80. The second-order valence-electron chi connectivity index (χ2n) is 6.61. The monoisotopic (exact) mass is 374 g/mol. The van der Waals surface area contributed by atoms with Gasteiger partial charge in [0.15, 0.2) is 0 Å².